The summed E-state index contributed by atoms with van der Waals surface area (Å²) >= 11 is 0. The van der Waals surface area contributed by atoms with Gasteiger partial charge in [0.2, 0.25) is 5.65 Å². The van der Waals surface area contributed by atoms with Crippen LogP contribution in [0.4, 0.5) is 11.6 Å². The first-order valence-corrected chi connectivity index (χ1v) is 5.47. The lowest BCUT2D eigenvalue weighted by Crippen LogP contribution is -2.07. The number of nitro groups is 1. The summed E-state index contributed by atoms with van der Waals surface area (Å²) in [7, 11) is 0. The van der Waals surface area contributed by atoms with Gasteiger partial charge in [-0.15, -0.1) is 0 Å². The van der Waals surface area contributed by atoms with Crippen LogP contribution in [0.25, 0.3) is 5.65 Å². The van der Waals surface area contributed by atoms with Crippen molar-refractivity contribution in [3.8, 4) is 0 Å². The smallest absolute Gasteiger partial charge is 0.367 e. The molecule has 7 nitrogen and oxygen atoms in total. The van der Waals surface area contributed by atoms with Crippen LogP contribution in [0.5, 0.6) is 0 Å². The van der Waals surface area contributed by atoms with Crippen LogP contribution in [-0.4, -0.2) is 26.1 Å². The molecule has 0 amide bonds. The van der Waals surface area contributed by atoms with Gasteiger partial charge in [-0.05, 0) is 29.7 Å². The third-order valence-electron chi connectivity index (χ3n) is 2.80. The average Bonchev–Trinajstić information content (AvgIpc) is 3.04. The molecule has 1 fully saturated rings. The maximum atomic E-state index is 10.7. The fraction of sp³-hybridized carbons (Fsp3) is 0.400. The Morgan fingerprint density at radius 3 is 3.06 bits per heavy atom. The van der Waals surface area contributed by atoms with Crippen LogP contribution in [0.2, 0.25) is 0 Å². The standard InChI is InChI=1S/C10H11N5O2/c16-15(17)10-6-12-9-4-3-8(13-14(9)10)11-5-7-1-2-7/h3-4,6-7H,1-2,5H2,(H,11,13). The molecule has 0 saturated heterocycles. The quantitative estimate of drug-likeness (QED) is 0.638. The minimum Gasteiger partial charge on any atom is -0.367 e. The molecule has 0 unspecified atom stereocenters. The number of anilines is 1. The van der Waals surface area contributed by atoms with Gasteiger partial charge in [0.15, 0.2) is 5.82 Å². The first kappa shape index (κ1) is 10.0. The van der Waals surface area contributed by atoms with E-state index in [-0.39, 0.29) is 5.82 Å². The zero-order chi connectivity index (χ0) is 11.8. The summed E-state index contributed by atoms with van der Waals surface area (Å²) in [6.07, 6.45) is 3.72. The highest BCUT2D eigenvalue weighted by molar-refractivity contribution is 5.48. The van der Waals surface area contributed by atoms with Crippen molar-refractivity contribution in [3.05, 3.63) is 28.4 Å². The topological polar surface area (TPSA) is 85.4 Å². The molecule has 2 heterocycles. The number of hydrogen-bond donors (Lipinski definition) is 1. The van der Waals surface area contributed by atoms with Crippen LogP contribution >= 0.6 is 0 Å². The second-order valence-corrected chi connectivity index (χ2v) is 4.19. The minimum absolute atomic E-state index is 0.116. The molecule has 2 aromatic rings. The summed E-state index contributed by atoms with van der Waals surface area (Å²) < 4.78 is 1.25. The van der Waals surface area contributed by atoms with E-state index in [4.69, 9.17) is 0 Å². The van der Waals surface area contributed by atoms with Crippen molar-refractivity contribution in [1.29, 1.82) is 0 Å². The molecule has 0 aliphatic heterocycles. The molecule has 1 aliphatic carbocycles. The second kappa shape index (κ2) is 3.69. The predicted octanol–water partition coefficient (Wildman–Crippen LogP) is 1.46. The Bertz CT molecular complexity index is 575. The van der Waals surface area contributed by atoms with Gasteiger partial charge in [0.1, 0.15) is 6.20 Å². The van der Waals surface area contributed by atoms with E-state index >= 15 is 0 Å². The molecule has 17 heavy (non-hydrogen) atoms. The first-order chi connectivity index (χ1) is 8.24. The third kappa shape index (κ3) is 1.91. The zero-order valence-electron chi connectivity index (χ0n) is 9.04. The number of nitrogens with one attached hydrogen (secondary N) is 1. The van der Waals surface area contributed by atoms with E-state index in [1.165, 1.54) is 23.6 Å². The highest BCUT2D eigenvalue weighted by atomic mass is 16.6. The van der Waals surface area contributed by atoms with E-state index in [9.17, 15) is 10.1 Å². The highest BCUT2D eigenvalue weighted by Gasteiger charge is 2.21. The number of aromatic nitrogens is 3. The van der Waals surface area contributed by atoms with Gasteiger partial charge in [0.05, 0.1) is 0 Å². The maximum Gasteiger partial charge on any atom is 0.368 e. The van der Waals surface area contributed by atoms with E-state index < -0.39 is 4.92 Å². The van der Waals surface area contributed by atoms with E-state index in [1.807, 2.05) is 0 Å². The Kier molecular flexibility index (Phi) is 2.17. The van der Waals surface area contributed by atoms with Crippen molar-refractivity contribution < 1.29 is 4.92 Å². The summed E-state index contributed by atoms with van der Waals surface area (Å²) in [6, 6.07) is 3.50. The Morgan fingerprint density at radius 1 is 1.53 bits per heavy atom. The lowest BCUT2D eigenvalue weighted by atomic mass is 10.4. The molecule has 0 aromatic carbocycles. The maximum absolute atomic E-state index is 10.7. The SMILES string of the molecule is O=[N+]([O-])c1cnc2ccc(NCC3CC3)nn12. The number of imidazole rings is 1. The molecular formula is C10H11N5O2. The van der Waals surface area contributed by atoms with Gasteiger partial charge in [-0.25, -0.2) is 4.98 Å². The van der Waals surface area contributed by atoms with Gasteiger partial charge in [0.25, 0.3) is 0 Å². The average molecular weight is 233 g/mol. The van der Waals surface area contributed by atoms with Crippen molar-refractivity contribution in [3.63, 3.8) is 0 Å². The summed E-state index contributed by atoms with van der Waals surface area (Å²) in [5.41, 5.74) is 0.480. The highest BCUT2D eigenvalue weighted by Crippen LogP contribution is 2.28. The Balaban J connectivity index is 1.91. The van der Waals surface area contributed by atoms with Crippen LogP contribution in [0.15, 0.2) is 18.3 Å². The minimum atomic E-state index is -0.488. The molecule has 0 spiro atoms. The summed E-state index contributed by atoms with van der Waals surface area (Å²) in [6.45, 7) is 0.876. The second-order valence-electron chi connectivity index (χ2n) is 4.19. The summed E-state index contributed by atoms with van der Waals surface area (Å²) in [4.78, 5) is 14.2. The molecule has 0 bridgehead atoms. The van der Waals surface area contributed by atoms with Crippen LogP contribution in [0.1, 0.15) is 12.8 Å². The molecule has 1 saturated carbocycles. The molecule has 0 radical (unpaired) electrons. The number of rotatable bonds is 4. The van der Waals surface area contributed by atoms with Crippen LogP contribution < -0.4 is 5.32 Å². The van der Waals surface area contributed by atoms with Gasteiger partial charge in [0, 0.05) is 12.6 Å². The van der Waals surface area contributed by atoms with Crippen molar-refractivity contribution in [2.45, 2.75) is 12.8 Å². The first-order valence-electron chi connectivity index (χ1n) is 5.47. The van der Waals surface area contributed by atoms with Crippen molar-refractivity contribution in [2.24, 2.45) is 5.92 Å². The van der Waals surface area contributed by atoms with Crippen molar-refractivity contribution >= 4 is 17.3 Å². The van der Waals surface area contributed by atoms with Gasteiger partial charge in [-0.1, -0.05) is 9.61 Å². The van der Waals surface area contributed by atoms with Gasteiger partial charge >= 0.3 is 5.82 Å². The third-order valence-corrected chi connectivity index (χ3v) is 2.80. The lowest BCUT2D eigenvalue weighted by Gasteiger charge is -2.01. The Hall–Kier alpha value is -2.18. The van der Waals surface area contributed by atoms with Crippen molar-refractivity contribution in [2.75, 3.05) is 11.9 Å². The number of nitrogens with zero attached hydrogens (tertiary/aromatic N) is 4. The molecule has 7 heteroatoms. The van der Waals surface area contributed by atoms with Gasteiger partial charge in [-0.3, -0.25) is 0 Å². The van der Waals surface area contributed by atoms with Gasteiger partial charge < -0.3 is 15.4 Å². The summed E-state index contributed by atoms with van der Waals surface area (Å²) in [5.74, 6) is 1.26. The van der Waals surface area contributed by atoms with E-state index in [0.29, 0.717) is 11.5 Å². The zero-order valence-corrected chi connectivity index (χ0v) is 9.04. The normalized spacial score (nSPS) is 15.1. The molecule has 2 aromatic heterocycles. The largest absolute Gasteiger partial charge is 0.368 e. The fourth-order valence-electron chi connectivity index (χ4n) is 1.65. The van der Waals surface area contributed by atoms with E-state index in [2.05, 4.69) is 15.4 Å². The van der Waals surface area contributed by atoms with E-state index in [0.717, 1.165) is 12.5 Å². The fourth-order valence-corrected chi connectivity index (χ4v) is 1.65. The van der Waals surface area contributed by atoms with Crippen LogP contribution in [0.3, 0.4) is 0 Å². The number of fused-ring (bicyclic) bond motifs is 1. The molecule has 0 atom stereocenters. The lowest BCUT2D eigenvalue weighted by molar-refractivity contribution is -0.391. The molecule has 1 aliphatic rings. The monoisotopic (exact) mass is 233 g/mol. The predicted molar refractivity (Wildman–Crippen MR) is 60.9 cm³/mol. The molecule has 1 N–H and O–H groups in total. The van der Waals surface area contributed by atoms with Crippen molar-refractivity contribution in [1.82, 2.24) is 14.6 Å². The molecular weight excluding hydrogens is 222 g/mol. The van der Waals surface area contributed by atoms with Crippen LogP contribution in [-0.2, 0) is 0 Å². The number of hydrogen-bond acceptors (Lipinski definition) is 5. The molecule has 88 valence electrons. The van der Waals surface area contributed by atoms with Crippen LogP contribution in [0, 0.1) is 16.0 Å². The Morgan fingerprint density at radius 2 is 2.35 bits per heavy atom. The van der Waals surface area contributed by atoms with E-state index in [1.54, 1.807) is 12.1 Å². The summed E-state index contributed by atoms with van der Waals surface area (Å²) in [5, 5.41) is 18.1. The van der Waals surface area contributed by atoms with Gasteiger partial charge in [-0.2, -0.15) is 0 Å². The Labute approximate surface area is 96.6 Å². The molecule has 3 rings (SSSR count).